The van der Waals surface area contributed by atoms with Crippen molar-refractivity contribution in [3.8, 4) is 0 Å². The molecule has 4 rings (SSSR count). The molecule has 1 saturated heterocycles. The molecule has 172 valence electrons. The van der Waals surface area contributed by atoms with Crippen molar-refractivity contribution in [1.29, 1.82) is 0 Å². The monoisotopic (exact) mass is 463 g/mol. The second-order valence-electron chi connectivity index (χ2n) is 8.51. The highest BCUT2D eigenvalue weighted by Gasteiger charge is 2.37. The minimum Gasteiger partial charge on any atom is -0.369 e. The van der Waals surface area contributed by atoms with Crippen LogP contribution in [0.25, 0.3) is 0 Å². The fourth-order valence-electron chi connectivity index (χ4n) is 4.26. The molecule has 0 unspecified atom stereocenters. The molecular formula is C26H29N3O3S. The van der Waals surface area contributed by atoms with Gasteiger partial charge in [-0.25, -0.2) is 8.42 Å². The zero-order valence-corrected chi connectivity index (χ0v) is 19.8. The van der Waals surface area contributed by atoms with Gasteiger partial charge < -0.3 is 10.2 Å². The Bertz CT molecular complexity index is 1150. The fraction of sp³-hybridized carbons (Fsp3) is 0.269. The number of carbonyl (C=O) groups excluding carboxylic acids is 1. The van der Waals surface area contributed by atoms with E-state index in [1.54, 1.807) is 0 Å². The van der Waals surface area contributed by atoms with Gasteiger partial charge in [-0.3, -0.25) is 4.79 Å². The molecule has 0 spiro atoms. The molecule has 1 aliphatic rings. The number of rotatable bonds is 6. The van der Waals surface area contributed by atoms with Crippen LogP contribution in [0.4, 0.5) is 11.4 Å². The Labute approximate surface area is 195 Å². The largest absolute Gasteiger partial charge is 0.369 e. The number of piperazine rings is 1. The van der Waals surface area contributed by atoms with Gasteiger partial charge in [0.05, 0.1) is 11.7 Å². The summed E-state index contributed by atoms with van der Waals surface area (Å²) >= 11 is 0. The fourth-order valence-corrected chi connectivity index (χ4v) is 5.09. The molecule has 0 bridgehead atoms. The van der Waals surface area contributed by atoms with E-state index < -0.39 is 15.4 Å². The lowest BCUT2D eigenvalue weighted by Crippen LogP contribution is -2.48. The van der Waals surface area contributed by atoms with Crippen molar-refractivity contribution in [2.75, 3.05) is 42.7 Å². The minimum absolute atomic E-state index is 0.102. The van der Waals surface area contributed by atoms with Crippen molar-refractivity contribution in [3.05, 3.63) is 96.1 Å². The SMILES string of the molecule is CC(C(=O)Nc1ccc(N2CCN(S(C)(=O)=O)CC2)cc1)(c1ccccc1)c1ccccc1. The van der Waals surface area contributed by atoms with E-state index in [4.69, 9.17) is 0 Å². The van der Waals surface area contributed by atoms with Gasteiger partial charge in [-0.15, -0.1) is 0 Å². The second kappa shape index (κ2) is 9.37. The Morgan fingerprint density at radius 1 is 0.788 bits per heavy atom. The van der Waals surface area contributed by atoms with Gasteiger partial charge in [0.25, 0.3) is 0 Å². The van der Waals surface area contributed by atoms with E-state index in [2.05, 4.69) is 10.2 Å². The van der Waals surface area contributed by atoms with Gasteiger partial charge >= 0.3 is 0 Å². The summed E-state index contributed by atoms with van der Waals surface area (Å²) in [6.45, 7) is 4.17. The molecule has 1 heterocycles. The maximum atomic E-state index is 13.6. The summed E-state index contributed by atoms with van der Waals surface area (Å²) in [6, 6.07) is 27.3. The summed E-state index contributed by atoms with van der Waals surface area (Å²) in [6.07, 6.45) is 1.25. The number of hydrogen-bond acceptors (Lipinski definition) is 4. The van der Waals surface area contributed by atoms with Crippen molar-refractivity contribution in [2.24, 2.45) is 0 Å². The molecule has 0 aromatic heterocycles. The standard InChI is InChI=1S/C26H29N3O3S/c1-26(21-9-5-3-6-10-21,22-11-7-4-8-12-22)25(30)27-23-13-15-24(16-14-23)28-17-19-29(20-18-28)33(2,31)32/h3-16H,17-20H2,1-2H3,(H,27,30). The first-order valence-corrected chi connectivity index (χ1v) is 12.9. The Morgan fingerprint density at radius 2 is 1.27 bits per heavy atom. The molecule has 6 nitrogen and oxygen atoms in total. The molecule has 7 heteroatoms. The first-order valence-electron chi connectivity index (χ1n) is 11.0. The average molecular weight is 464 g/mol. The van der Waals surface area contributed by atoms with Gasteiger partial charge in [-0.05, 0) is 42.3 Å². The van der Waals surface area contributed by atoms with Crippen LogP contribution in [0.15, 0.2) is 84.9 Å². The number of nitrogens with zero attached hydrogens (tertiary/aromatic N) is 2. The van der Waals surface area contributed by atoms with Gasteiger partial charge in [0, 0.05) is 37.6 Å². The quantitative estimate of drug-likeness (QED) is 0.605. The second-order valence-corrected chi connectivity index (χ2v) is 10.5. The van der Waals surface area contributed by atoms with Crippen LogP contribution < -0.4 is 10.2 Å². The van der Waals surface area contributed by atoms with Crippen molar-refractivity contribution in [1.82, 2.24) is 4.31 Å². The van der Waals surface area contributed by atoms with Crippen LogP contribution in [0.1, 0.15) is 18.1 Å². The Kier molecular flexibility index (Phi) is 6.54. The number of nitrogens with one attached hydrogen (secondary N) is 1. The highest BCUT2D eigenvalue weighted by molar-refractivity contribution is 7.88. The normalized spacial score (nSPS) is 15.3. The summed E-state index contributed by atoms with van der Waals surface area (Å²) in [7, 11) is -3.15. The van der Waals surface area contributed by atoms with E-state index in [0.717, 1.165) is 22.5 Å². The van der Waals surface area contributed by atoms with E-state index in [1.165, 1.54) is 10.6 Å². The molecule has 1 N–H and O–H groups in total. The zero-order valence-electron chi connectivity index (χ0n) is 18.9. The molecular weight excluding hydrogens is 434 g/mol. The molecule has 3 aromatic carbocycles. The molecule has 0 aliphatic carbocycles. The topological polar surface area (TPSA) is 69.7 Å². The predicted molar refractivity (Wildman–Crippen MR) is 133 cm³/mol. The number of hydrogen-bond donors (Lipinski definition) is 1. The molecule has 0 atom stereocenters. The zero-order chi connectivity index (χ0) is 23.5. The van der Waals surface area contributed by atoms with Crippen molar-refractivity contribution >= 4 is 27.3 Å². The third-order valence-corrected chi connectivity index (χ3v) is 7.66. The highest BCUT2D eigenvalue weighted by atomic mass is 32.2. The molecule has 0 radical (unpaired) electrons. The van der Waals surface area contributed by atoms with Crippen LogP contribution in [0, 0.1) is 0 Å². The van der Waals surface area contributed by atoms with Crippen LogP contribution in [0.3, 0.4) is 0 Å². The van der Waals surface area contributed by atoms with Gasteiger partial charge in [-0.2, -0.15) is 4.31 Å². The molecule has 3 aromatic rings. The first kappa shape index (κ1) is 23.0. The van der Waals surface area contributed by atoms with E-state index in [-0.39, 0.29) is 5.91 Å². The van der Waals surface area contributed by atoms with Crippen molar-refractivity contribution < 1.29 is 13.2 Å². The van der Waals surface area contributed by atoms with Crippen LogP contribution in [-0.4, -0.2) is 51.1 Å². The number of sulfonamides is 1. The van der Waals surface area contributed by atoms with Gasteiger partial charge in [-0.1, -0.05) is 60.7 Å². The first-order chi connectivity index (χ1) is 15.8. The van der Waals surface area contributed by atoms with E-state index >= 15 is 0 Å². The van der Waals surface area contributed by atoms with Gasteiger partial charge in [0.15, 0.2) is 0 Å². The average Bonchev–Trinajstić information content (AvgIpc) is 2.84. The van der Waals surface area contributed by atoms with Crippen LogP contribution in [0.5, 0.6) is 0 Å². The summed E-state index contributed by atoms with van der Waals surface area (Å²) in [4.78, 5) is 15.7. The lowest BCUT2D eigenvalue weighted by Gasteiger charge is -2.34. The smallest absolute Gasteiger partial charge is 0.239 e. The number of benzene rings is 3. The predicted octanol–water partition coefficient (Wildman–Crippen LogP) is 3.71. The Hall–Kier alpha value is -3.16. The Balaban J connectivity index is 1.51. The summed E-state index contributed by atoms with van der Waals surface area (Å²) in [5.41, 5.74) is 2.73. The third-order valence-electron chi connectivity index (χ3n) is 6.35. The molecule has 33 heavy (non-hydrogen) atoms. The van der Waals surface area contributed by atoms with E-state index in [9.17, 15) is 13.2 Å². The van der Waals surface area contributed by atoms with E-state index in [1.807, 2.05) is 91.9 Å². The van der Waals surface area contributed by atoms with Crippen molar-refractivity contribution in [3.63, 3.8) is 0 Å². The van der Waals surface area contributed by atoms with Crippen molar-refractivity contribution in [2.45, 2.75) is 12.3 Å². The third kappa shape index (κ3) is 4.94. The maximum absolute atomic E-state index is 13.6. The van der Waals surface area contributed by atoms with Gasteiger partial charge in [0.1, 0.15) is 0 Å². The summed E-state index contributed by atoms with van der Waals surface area (Å²) < 4.78 is 25.0. The molecule has 0 saturated carbocycles. The lowest BCUT2D eigenvalue weighted by atomic mass is 9.75. The highest BCUT2D eigenvalue weighted by Crippen LogP contribution is 2.33. The lowest BCUT2D eigenvalue weighted by molar-refractivity contribution is -0.119. The summed E-state index contributed by atoms with van der Waals surface area (Å²) in [5.74, 6) is -0.102. The number of carbonyl (C=O) groups is 1. The molecule has 1 aliphatic heterocycles. The summed E-state index contributed by atoms with van der Waals surface area (Å²) in [5, 5.41) is 3.09. The van der Waals surface area contributed by atoms with E-state index in [0.29, 0.717) is 26.2 Å². The molecule has 1 fully saturated rings. The number of amides is 1. The maximum Gasteiger partial charge on any atom is 0.239 e. The van der Waals surface area contributed by atoms with Crippen LogP contribution in [-0.2, 0) is 20.2 Å². The Morgan fingerprint density at radius 3 is 1.73 bits per heavy atom. The van der Waals surface area contributed by atoms with Gasteiger partial charge in [0.2, 0.25) is 15.9 Å². The number of anilines is 2. The van der Waals surface area contributed by atoms with Crippen LogP contribution >= 0.6 is 0 Å². The van der Waals surface area contributed by atoms with Crippen LogP contribution in [0.2, 0.25) is 0 Å². The molecule has 1 amide bonds. The minimum atomic E-state index is -3.15.